The standard InChI is InChI=1S/C16H25N3O/c1-2-17-16(18-9-11-20)19-10-8-15(13-19)12-14-6-4-3-5-7-14/h3-7,15,20H,2,8-13H2,1H3,(H,17,18). The van der Waals surface area contributed by atoms with Crippen molar-refractivity contribution in [2.75, 3.05) is 32.8 Å². The number of aliphatic hydroxyl groups excluding tert-OH is 1. The number of hydrogen-bond acceptors (Lipinski definition) is 2. The van der Waals surface area contributed by atoms with E-state index in [9.17, 15) is 0 Å². The molecule has 1 unspecified atom stereocenters. The van der Waals surface area contributed by atoms with Crippen LogP contribution in [0.2, 0.25) is 0 Å². The first-order valence-corrected chi connectivity index (χ1v) is 7.51. The van der Waals surface area contributed by atoms with Gasteiger partial charge < -0.3 is 15.3 Å². The molecule has 0 aromatic heterocycles. The van der Waals surface area contributed by atoms with E-state index in [1.807, 2.05) is 0 Å². The second-order valence-electron chi connectivity index (χ2n) is 5.25. The van der Waals surface area contributed by atoms with Crippen LogP contribution in [0.1, 0.15) is 18.9 Å². The Morgan fingerprint density at radius 3 is 2.90 bits per heavy atom. The summed E-state index contributed by atoms with van der Waals surface area (Å²) in [7, 11) is 0. The number of nitrogens with zero attached hydrogens (tertiary/aromatic N) is 2. The highest BCUT2D eigenvalue weighted by Gasteiger charge is 2.24. The van der Waals surface area contributed by atoms with E-state index in [2.05, 4.69) is 52.5 Å². The van der Waals surface area contributed by atoms with Crippen LogP contribution >= 0.6 is 0 Å². The number of rotatable bonds is 5. The lowest BCUT2D eigenvalue weighted by Gasteiger charge is -2.21. The first-order valence-electron chi connectivity index (χ1n) is 7.51. The van der Waals surface area contributed by atoms with Gasteiger partial charge in [0, 0.05) is 19.6 Å². The molecule has 0 amide bonds. The van der Waals surface area contributed by atoms with Crippen LogP contribution in [-0.2, 0) is 6.42 Å². The van der Waals surface area contributed by atoms with Crippen molar-refractivity contribution in [1.82, 2.24) is 10.2 Å². The Morgan fingerprint density at radius 1 is 1.40 bits per heavy atom. The number of hydrogen-bond donors (Lipinski definition) is 2. The van der Waals surface area contributed by atoms with Gasteiger partial charge in [-0.15, -0.1) is 0 Å². The average Bonchev–Trinajstić information content (AvgIpc) is 2.93. The van der Waals surface area contributed by atoms with Crippen LogP contribution in [0.3, 0.4) is 0 Å². The van der Waals surface area contributed by atoms with E-state index in [0.717, 1.165) is 32.0 Å². The van der Waals surface area contributed by atoms with Crippen molar-refractivity contribution >= 4 is 5.96 Å². The molecular formula is C16H25N3O. The van der Waals surface area contributed by atoms with Crippen molar-refractivity contribution in [3.63, 3.8) is 0 Å². The molecule has 2 N–H and O–H groups in total. The Hall–Kier alpha value is -1.55. The molecule has 1 aromatic rings. The van der Waals surface area contributed by atoms with Gasteiger partial charge in [0.2, 0.25) is 0 Å². The smallest absolute Gasteiger partial charge is 0.194 e. The topological polar surface area (TPSA) is 47.9 Å². The van der Waals surface area contributed by atoms with Crippen LogP contribution in [0.25, 0.3) is 0 Å². The summed E-state index contributed by atoms with van der Waals surface area (Å²) in [4.78, 5) is 6.75. The zero-order valence-corrected chi connectivity index (χ0v) is 12.3. The lowest BCUT2D eigenvalue weighted by molar-refractivity contribution is 0.305. The molecule has 1 aromatic carbocycles. The third-order valence-electron chi connectivity index (χ3n) is 3.65. The molecule has 0 spiro atoms. The minimum Gasteiger partial charge on any atom is -0.394 e. The first kappa shape index (κ1) is 14.9. The lowest BCUT2D eigenvalue weighted by Crippen LogP contribution is -2.40. The van der Waals surface area contributed by atoms with Gasteiger partial charge in [-0.1, -0.05) is 30.3 Å². The van der Waals surface area contributed by atoms with Gasteiger partial charge >= 0.3 is 0 Å². The molecule has 0 aliphatic carbocycles. The maximum absolute atomic E-state index is 8.92. The van der Waals surface area contributed by atoms with Crippen LogP contribution in [-0.4, -0.2) is 48.8 Å². The molecule has 110 valence electrons. The highest BCUT2D eigenvalue weighted by Crippen LogP contribution is 2.20. The number of nitrogens with one attached hydrogen (secondary N) is 1. The molecule has 1 aliphatic rings. The van der Waals surface area contributed by atoms with Gasteiger partial charge in [0.05, 0.1) is 13.2 Å². The molecule has 0 saturated carbocycles. The normalized spacial score (nSPS) is 19.4. The number of aliphatic imine (C=N–C) groups is 1. The van der Waals surface area contributed by atoms with Gasteiger partial charge in [0.25, 0.3) is 0 Å². The summed E-state index contributed by atoms with van der Waals surface area (Å²) in [6.45, 7) is 5.62. The Morgan fingerprint density at radius 2 is 2.20 bits per heavy atom. The van der Waals surface area contributed by atoms with Gasteiger partial charge in [0.15, 0.2) is 5.96 Å². The second kappa shape index (κ2) is 7.90. The molecule has 20 heavy (non-hydrogen) atoms. The van der Waals surface area contributed by atoms with Gasteiger partial charge in [-0.05, 0) is 31.2 Å². The van der Waals surface area contributed by atoms with Crippen molar-refractivity contribution < 1.29 is 5.11 Å². The average molecular weight is 275 g/mol. The summed E-state index contributed by atoms with van der Waals surface area (Å²) in [6.07, 6.45) is 2.34. The molecule has 1 heterocycles. The van der Waals surface area contributed by atoms with Crippen LogP contribution in [0.5, 0.6) is 0 Å². The van der Waals surface area contributed by atoms with Gasteiger partial charge in [-0.25, -0.2) is 0 Å². The van der Waals surface area contributed by atoms with Crippen LogP contribution in [0.15, 0.2) is 35.3 Å². The third kappa shape index (κ3) is 4.23. The summed E-state index contributed by atoms with van der Waals surface area (Å²) < 4.78 is 0. The predicted molar refractivity (Wildman–Crippen MR) is 82.9 cm³/mol. The van der Waals surface area contributed by atoms with Crippen molar-refractivity contribution in [2.45, 2.75) is 19.8 Å². The summed E-state index contributed by atoms with van der Waals surface area (Å²) in [5, 5.41) is 12.2. The van der Waals surface area contributed by atoms with Crippen molar-refractivity contribution in [3.8, 4) is 0 Å². The van der Waals surface area contributed by atoms with Crippen LogP contribution in [0, 0.1) is 5.92 Å². The maximum Gasteiger partial charge on any atom is 0.194 e. The zero-order valence-electron chi connectivity index (χ0n) is 12.3. The fraction of sp³-hybridized carbons (Fsp3) is 0.562. The van der Waals surface area contributed by atoms with E-state index in [1.165, 1.54) is 12.0 Å². The fourth-order valence-electron chi connectivity index (χ4n) is 2.72. The largest absolute Gasteiger partial charge is 0.394 e. The summed E-state index contributed by atoms with van der Waals surface area (Å²) in [5.41, 5.74) is 1.41. The van der Waals surface area contributed by atoms with Crippen molar-refractivity contribution in [2.24, 2.45) is 10.9 Å². The molecule has 0 bridgehead atoms. The van der Waals surface area contributed by atoms with Crippen LogP contribution < -0.4 is 5.32 Å². The van der Waals surface area contributed by atoms with E-state index in [4.69, 9.17) is 5.11 Å². The second-order valence-corrected chi connectivity index (χ2v) is 5.25. The molecular weight excluding hydrogens is 250 g/mol. The molecule has 0 radical (unpaired) electrons. The SMILES string of the molecule is CCNC(=NCCO)N1CCC(Cc2ccccc2)C1. The molecule has 4 heteroatoms. The van der Waals surface area contributed by atoms with E-state index >= 15 is 0 Å². The van der Waals surface area contributed by atoms with Crippen LogP contribution in [0.4, 0.5) is 0 Å². The number of guanidine groups is 1. The fourth-order valence-corrected chi connectivity index (χ4v) is 2.72. The summed E-state index contributed by atoms with van der Waals surface area (Å²) in [5.74, 6) is 1.63. The van der Waals surface area contributed by atoms with E-state index in [0.29, 0.717) is 12.5 Å². The minimum atomic E-state index is 0.107. The molecule has 2 rings (SSSR count). The van der Waals surface area contributed by atoms with Crippen molar-refractivity contribution in [3.05, 3.63) is 35.9 Å². The quantitative estimate of drug-likeness (QED) is 0.632. The zero-order chi connectivity index (χ0) is 14.2. The Balaban J connectivity index is 1.90. The third-order valence-corrected chi connectivity index (χ3v) is 3.65. The molecule has 1 fully saturated rings. The van der Waals surface area contributed by atoms with Gasteiger partial charge in [-0.2, -0.15) is 0 Å². The first-order chi connectivity index (χ1) is 9.83. The Labute approximate surface area is 121 Å². The number of benzene rings is 1. The summed E-state index contributed by atoms with van der Waals surface area (Å²) >= 11 is 0. The number of likely N-dealkylation sites (tertiary alicyclic amines) is 1. The highest BCUT2D eigenvalue weighted by atomic mass is 16.3. The Kier molecular flexibility index (Phi) is 5.87. The predicted octanol–water partition coefficient (Wildman–Crippen LogP) is 1.51. The molecule has 4 nitrogen and oxygen atoms in total. The van der Waals surface area contributed by atoms with Gasteiger partial charge in [0.1, 0.15) is 0 Å². The molecule has 1 saturated heterocycles. The van der Waals surface area contributed by atoms with E-state index in [1.54, 1.807) is 0 Å². The van der Waals surface area contributed by atoms with Gasteiger partial charge in [-0.3, -0.25) is 4.99 Å². The Bertz CT molecular complexity index is 419. The van der Waals surface area contributed by atoms with E-state index < -0.39 is 0 Å². The van der Waals surface area contributed by atoms with E-state index in [-0.39, 0.29) is 6.61 Å². The maximum atomic E-state index is 8.92. The molecule has 1 aliphatic heterocycles. The highest BCUT2D eigenvalue weighted by molar-refractivity contribution is 5.80. The lowest BCUT2D eigenvalue weighted by atomic mass is 9.99. The molecule has 1 atom stereocenters. The number of aliphatic hydroxyl groups is 1. The minimum absolute atomic E-state index is 0.107. The monoisotopic (exact) mass is 275 g/mol. The summed E-state index contributed by atoms with van der Waals surface area (Å²) in [6, 6.07) is 10.7. The van der Waals surface area contributed by atoms with Crippen molar-refractivity contribution in [1.29, 1.82) is 0 Å².